The Hall–Kier alpha value is -3.54. The van der Waals surface area contributed by atoms with Gasteiger partial charge in [-0.05, 0) is 18.2 Å². The van der Waals surface area contributed by atoms with Gasteiger partial charge in [0.15, 0.2) is 0 Å². The summed E-state index contributed by atoms with van der Waals surface area (Å²) in [5.41, 5.74) is 3.78. The summed E-state index contributed by atoms with van der Waals surface area (Å²) in [5.74, 6) is -0.227. The van der Waals surface area contributed by atoms with Crippen LogP contribution < -0.4 is 5.32 Å². The summed E-state index contributed by atoms with van der Waals surface area (Å²) in [4.78, 5) is 21.1. The van der Waals surface area contributed by atoms with Crippen molar-refractivity contribution in [2.45, 2.75) is 0 Å². The highest BCUT2D eigenvalue weighted by Crippen LogP contribution is 2.20. The van der Waals surface area contributed by atoms with Crippen molar-refractivity contribution in [3.63, 3.8) is 0 Å². The number of para-hydroxylation sites is 1. The Bertz CT molecular complexity index is 1070. The molecular formula is C19H15N5O. The Labute approximate surface area is 144 Å². The fraction of sp³-hybridized carbons (Fsp3) is 0.0526. The van der Waals surface area contributed by atoms with Crippen molar-refractivity contribution in [3.05, 3.63) is 72.9 Å². The number of hydrogen-bond donors (Lipinski definition) is 1. The molecule has 0 radical (unpaired) electrons. The molecule has 3 heterocycles. The minimum absolute atomic E-state index is 0.227. The van der Waals surface area contributed by atoms with Gasteiger partial charge in [-0.15, -0.1) is 0 Å². The van der Waals surface area contributed by atoms with Crippen LogP contribution in [0.15, 0.2) is 67.4 Å². The van der Waals surface area contributed by atoms with Crippen LogP contribution >= 0.6 is 0 Å². The highest BCUT2D eigenvalue weighted by molar-refractivity contribution is 6.05. The second-order valence-electron chi connectivity index (χ2n) is 5.74. The van der Waals surface area contributed by atoms with Gasteiger partial charge in [-0.3, -0.25) is 19.4 Å². The number of nitrogens with zero attached hydrogens (tertiary/aromatic N) is 4. The van der Waals surface area contributed by atoms with E-state index in [1.54, 1.807) is 35.5 Å². The largest absolute Gasteiger partial charge is 0.321 e. The molecule has 0 saturated carbocycles. The first-order valence-corrected chi connectivity index (χ1v) is 7.79. The Balaban J connectivity index is 1.60. The zero-order chi connectivity index (χ0) is 17.2. The second kappa shape index (κ2) is 6.16. The molecule has 6 heteroatoms. The van der Waals surface area contributed by atoms with Crippen molar-refractivity contribution < 1.29 is 4.79 Å². The van der Waals surface area contributed by atoms with Crippen LogP contribution in [0.3, 0.4) is 0 Å². The van der Waals surface area contributed by atoms with Crippen molar-refractivity contribution in [1.82, 2.24) is 19.7 Å². The lowest BCUT2D eigenvalue weighted by molar-refractivity contribution is 0.102. The zero-order valence-electron chi connectivity index (χ0n) is 13.5. The van der Waals surface area contributed by atoms with Gasteiger partial charge in [-0.1, -0.05) is 18.2 Å². The molecule has 1 N–H and O–H groups in total. The first-order valence-electron chi connectivity index (χ1n) is 7.79. The Kier molecular flexibility index (Phi) is 3.70. The summed E-state index contributed by atoms with van der Waals surface area (Å²) in [6.07, 6.45) is 8.53. The van der Waals surface area contributed by atoms with E-state index in [4.69, 9.17) is 0 Å². The minimum atomic E-state index is -0.227. The molecule has 0 bridgehead atoms. The Morgan fingerprint density at radius 2 is 1.92 bits per heavy atom. The quantitative estimate of drug-likeness (QED) is 0.626. The number of aryl methyl sites for hydroxylation is 1. The van der Waals surface area contributed by atoms with Gasteiger partial charge in [0.1, 0.15) is 0 Å². The first-order chi connectivity index (χ1) is 12.2. The number of carbonyl (C=O) groups is 1. The number of benzene rings is 1. The number of fused-ring (bicyclic) bond motifs is 1. The molecule has 6 nitrogen and oxygen atoms in total. The van der Waals surface area contributed by atoms with Crippen molar-refractivity contribution in [2.24, 2.45) is 7.05 Å². The molecule has 1 aromatic carbocycles. The number of anilines is 1. The molecule has 4 rings (SSSR count). The van der Waals surface area contributed by atoms with E-state index in [1.165, 1.54) is 0 Å². The molecule has 0 unspecified atom stereocenters. The van der Waals surface area contributed by atoms with Crippen LogP contribution in [0.1, 0.15) is 10.4 Å². The van der Waals surface area contributed by atoms with Crippen molar-refractivity contribution in [2.75, 3.05) is 5.32 Å². The van der Waals surface area contributed by atoms with E-state index >= 15 is 0 Å². The molecule has 3 aromatic heterocycles. The number of amides is 1. The van der Waals surface area contributed by atoms with Crippen LogP contribution in [-0.4, -0.2) is 25.7 Å². The standard InChI is InChI=1S/C19H15N5O/c1-24-12-16(10-22-24)14-6-15(9-20-8-14)19(25)23-17-7-13-4-2-3-5-18(13)21-11-17/h2-12H,1H3,(H,23,25). The molecule has 25 heavy (non-hydrogen) atoms. The first kappa shape index (κ1) is 15.0. The van der Waals surface area contributed by atoms with Crippen LogP contribution in [0.25, 0.3) is 22.0 Å². The maximum atomic E-state index is 12.5. The molecule has 0 fully saturated rings. The number of nitrogens with one attached hydrogen (secondary N) is 1. The Morgan fingerprint density at radius 3 is 2.76 bits per heavy atom. The Morgan fingerprint density at radius 1 is 1.04 bits per heavy atom. The lowest BCUT2D eigenvalue weighted by Gasteiger charge is -2.07. The average Bonchev–Trinajstić information content (AvgIpc) is 3.08. The molecule has 0 saturated heterocycles. The predicted molar refractivity (Wildman–Crippen MR) is 96.1 cm³/mol. The van der Waals surface area contributed by atoms with Crippen LogP contribution in [0.2, 0.25) is 0 Å². The van der Waals surface area contributed by atoms with Gasteiger partial charge >= 0.3 is 0 Å². The summed E-state index contributed by atoms with van der Waals surface area (Å²) in [5, 5.41) is 7.99. The number of pyridine rings is 2. The van der Waals surface area contributed by atoms with Gasteiger partial charge in [0.25, 0.3) is 5.91 Å². The number of rotatable bonds is 3. The maximum Gasteiger partial charge on any atom is 0.257 e. The highest BCUT2D eigenvalue weighted by Gasteiger charge is 2.10. The fourth-order valence-corrected chi connectivity index (χ4v) is 2.63. The third-order valence-corrected chi connectivity index (χ3v) is 3.89. The molecule has 0 spiro atoms. The van der Waals surface area contributed by atoms with Gasteiger partial charge in [0.05, 0.1) is 29.2 Å². The van der Waals surface area contributed by atoms with E-state index in [9.17, 15) is 4.79 Å². The zero-order valence-corrected chi connectivity index (χ0v) is 13.5. The smallest absolute Gasteiger partial charge is 0.257 e. The molecule has 0 aliphatic heterocycles. The fourth-order valence-electron chi connectivity index (χ4n) is 2.63. The summed E-state index contributed by atoms with van der Waals surface area (Å²) >= 11 is 0. The lowest BCUT2D eigenvalue weighted by Crippen LogP contribution is -2.12. The number of aromatic nitrogens is 4. The van der Waals surface area contributed by atoms with E-state index in [1.807, 2.05) is 43.6 Å². The summed E-state index contributed by atoms with van der Waals surface area (Å²) in [7, 11) is 1.85. The molecule has 122 valence electrons. The van der Waals surface area contributed by atoms with Crippen molar-refractivity contribution >= 4 is 22.5 Å². The van der Waals surface area contributed by atoms with E-state index in [2.05, 4.69) is 20.4 Å². The summed E-state index contributed by atoms with van der Waals surface area (Å²) in [6.45, 7) is 0. The SMILES string of the molecule is Cn1cc(-c2cncc(C(=O)Nc3cnc4ccccc4c3)c2)cn1. The molecule has 1 amide bonds. The van der Waals surface area contributed by atoms with Gasteiger partial charge < -0.3 is 5.32 Å². The second-order valence-corrected chi connectivity index (χ2v) is 5.74. The lowest BCUT2D eigenvalue weighted by atomic mass is 10.1. The number of carbonyl (C=O) groups excluding carboxylic acids is 1. The molecule has 4 aromatic rings. The molecule has 0 atom stereocenters. The molecule has 0 aliphatic rings. The predicted octanol–water partition coefficient (Wildman–Crippen LogP) is 3.28. The summed E-state index contributed by atoms with van der Waals surface area (Å²) in [6, 6.07) is 11.5. The molecule has 0 aliphatic carbocycles. The van der Waals surface area contributed by atoms with Crippen LogP contribution in [0.5, 0.6) is 0 Å². The minimum Gasteiger partial charge on any atom is -0.321 e. The summed E-state index contributed by atoms with van der Waals surface area (Å²) < 4.78 is 1.71. The molecular weight excluding hydrogens is 314 g/mol. The maximum absolute atomic E-state index is 12.5. The average molecular weight is 329 g/mol. The third kappa shape index (κ3) is 3.10. The van der Waals surface area contributed by atoms with Gasteiger partial charge in [0, 0.05) is 42.2 Å². The highest BCUT2D eigenvalue weighted by atomic mass is 16.1. The van der Waals surface area contributed by atoms with E-state index in [0.29, 0.717) is 11.3 Å². The normalized spacial score (nSPS) is 10.8. The van der Waals surface area contributed by atoms with Gasteiger partial charge in [-0.25, -0.2) is 0 Å². The number of hydrogen-bond acceptors (Lipinski definition) is 4. The van der Waals surface area contributed by atoms with Crippen LogP contribution in [0, 0.1) is 0 Å². The van der Waals surface area contributed by atoms with Crippen molar-refractivity contribution in [3.8, 4) is 11.1 Å². The van der Waals surface area contributed by atoms with E-state index in [-0.39, 0.29) is 5.91 Å². The third-order valence-electron chi connectivity index (χ3n) is 3.89. The van der Waals surface area contributed by atoms with E-state index < -0.39 is 0 Å². The monoisotopic (exact) mass is 329 g/mol. The van der Waals surface area contributed by atoms with Gasteiger partial charge in [-0.2, -0.15) is 5.10 Å². The van der Waals surface area contributed by atoms with Crippen LogP contribution in [0.4, 0.5) is 5.69 Å². The van der Waals surface area contributed by atoms with Crippen LogP contribution in [-0.2, 0) is 7.05 Å². The van der Waals surface area contributed by atoms with E-state index in [0.717, 1.165) is 22.0 Å². The van der Waals surface area contributed by atoms with Crippen molar-refractivity contribution in [1.29, 1.82) is 0 Å². The topological polar surface area (TPSA) is 72.7 Å². The van der Waals surface area contributed by atoms with Gasteiger partial charge in [0.2, 0.25) is 0 Å².